The molecule has 0 saturated carbocycles. The van der Waals surface area contributed by atoms with Crippen LogP contribution in [0.5, 0.6) is 0 Å². The van der Waals surface area contributed by atoms with E-state index in [1.165, 1.54) is 4.90 Å². The second kappa shape index (κ2) is 8.05. The van der Waals surface area contributed by atoms with Gasteiger partial charge >= 0.3 is 0 Å². The SMILES string of the molecule is C=CCn1cnn(C[NH+]2CCN(S(=O)(=O)c3cc(C)ccc3C)CC2)c1=S. The molecule has 0 amide bonds. The Labute approximate surface area is 165 Å². The van der Waals surface area contributed by atoms with E-state index >= 15 is 0 Å². The maximum absolute atomic E-state index is 13.0. The molecule has 0 bridgehead atoms. The highest BCUT2D eigenvalue weighted by Crippen LogP contribution is 2.21. The van der Waals surface area contributed by atoms with Crippen LogP contribution in [-0.4, -0.2) is 53.2 Å². The van der Waals surface area contributed by atoms with Gasteiger partial charge in [0.05, 0.1) is 31.1 Å². The van der Waals surface area contributed by atoms with Crippen molar-refractivity contribution in [2.24, 2.45) is 0 Å². The fourth-order valence-electron chi connectivity index (χ4n) is 3.28. The van der Waals surface area contributed by atoms with E-state index in [0.717, 1.165) is 24.2 Å². The zero-order valence-electron chi connectivity index (χ0n) is 15.8. The first-order chi connectivity index (χ1) is 12.8. The standard InChI is InChI=1S/C18H25N5O2S2/c1-4-7-21-13-19-23(18(21)26)14-20-8-10-22(11-9-20)27(24,25)17-12-15(2)5-6-16(17)3/h4-6,12-13H,1,7-11,14H2,2-3H3/p+1. The number of hydrogen-bond donors (Lipinski definition) is 1. The summed E-state index contributed by atoms with van der Waals surface area (Å²) < 4.78 is 32.0. The summed E-state index contributed by atoms with van der Waals surface area (Å²) in [5.74, 6) is 0. The van der Waals surface area contributed by atoms with Crippen molar-refractivity contribution in [3.8, 4) is 0 Å². The lowest BCUT2D eigenvalue weighted by Crippen LogP contribution is -3.14. The molecule has 1 saturated heterocycles. The summed E-state index contributed by atoms with van der Waals surface area (Å²) >= 11 is 5.43. The lowest BCUT2D eigenvalue weighted by molar-refractivity contribution is -0.926. The summed E-state index contributed by atoms with van der Waals surface area (Å²) in [7, 11) is -3.46. The minimum absolute atomic E-state index is 0.413. The molecule has 146 valence electrons. The molecule has 3 rings (SSSR count). The molecule has 0 atom stereocenters. The van der Waals surface area contributed by atoms with Crippen LogP contribution in [0.4, 0.5) is 0 Å². The fourth-order valence-corrected chi connectivity index (χ4v) is 5.27. The summed E-state index contributed by atoms with van der Waals surface area (Å²) in [4.78, 5) is 1.68. The predicted octanol–water partition coefficient (Wildman–Crippen LogP) is 0.764. The molecule has 0 spiro atoms. The molecule has 0 aliphatic carbocycles. The van der Waals surface area contributed by atoms with Gasteiger partial charge in [0.1, 0.15) is 6.33 Å². The molecular formula is C18H26N5O2S2+. The van der Waals surface area contributed by atoms with Gasteiger partial charge in [0, 0.05) is 6.54 Å². The van der Waals surface area contributed by atoms with Crippen LogP contribution in [-0.2, 0) is 23.2 Å². The Morgan fingerprint density at radius 2 is 2.00 bits per heavy atom. The summed E-state index contributed by atoms with van der Waals surface area (Å²) in [5, 5.41) is 4.34. The monoisotopic (exact) mass is 408 g/mol. The molecule has 0 unspecified atom stereocenters. The summed E-state index contributed by atoms with van der Waals surface area (Å²) in [6, 6.07) is 5.56. The van der Waals surface area contributed by atoms with Gasteiger partial charge in [-0.1, -0.05) is 18.2 Å². The smallest absolute Gasteiger partial charge is 0.243 e. The largest absolute Gasteiger partial charge is 0.314 e. The number of aromatic nitrogens is 3. The van der Waals surface area contributed by atoms with E-state index in [1.807, 2.05) is 30.5 Å². The average Bonchev–Trinajstić information content (AvgIpc) is 2.98. The Morgan fingerprint density at radius 1 is 1.30 bits per heavy atom. The number of sulfonamides is 1. The molecule has 2 aromatic rings. The molecule has 1 fully saturated rings. The van der Waals surface area contributed by atoms with Gasteiger partial charge < -0.3 is 9.47 Å². The first-order valence-corrected chi connectivity index (χ1v) is 10.8. The van der Waals surface area contributed by atoms with Crippen LogP contribution < -0.4 is 4.90 Å². The molecule has 27 heavy (non-hydrogen) atoms. The molecule has 1 aliphatic heterocycles. The highest BCUT2D eigenvalue weighted by molar-refractivity contribution is 7.89. The van der Waals surface area contributed by atoms with Crippen molar-refractivity contribution in [3.05, 3.63) is 53.1 Å². The maximum atomic E-state index is 13.0. The predicted molar refractivity (Wildman–Crippen MR) is 107 cm³/mol. The number of allylic oxidation sites excluding steroid dienone is 1. The topological polar surface area (TPSA) is 64.6 Å². The molecular weight excluding hydrogens is 382 g/mol. The third-order valence-corrected chi connectivity index (χ3v) is 7.37. The molecule has 1 aliphatic rings. The Kier molecular flexibility index (Phi) is 5.95. The summed E-state index contributed by atoms with van der Waals surface area (Å²) in [5.41, 5.74) is 1.74. The van der Waals surface area contributed by atoms with E-state index < -0.39 is 10.0 Å². The van der Waals surface area contributed by atoms with E-state index in [0.29, 0.717) is 36.0 Å². The van der Waals surface area contributed by atoms with Crippen molar-refractivity contribution < 1.29 is 13.3 Å². The quantitative estimate of drug-likeness (QED) is 0.566. The third kappa shape index (κ3) is 4.21. The Hall–Kier alpha value is -1.81. The van der Waals surface area contributed by atoms with Gasteiger partial charge in [-0.05, 0) is 43.3 Å². The third-order valence-electron chi connectivity index (χ3n) is 4.89. The first kappa shape index (κ1) is 19.9. The highest BCUT2D eigenvalue weighted by atomic mass is 32.2. The number of nitrogens with one attached hydrogen (secondary N) is 1. The second-order valence-corrected chi connectivity index (χ2v) is 9.21. The molecule has 1 aromatic heterocycles. The minimum atomic E-state index is -3.46. The van der Waals surface area contributed by atoms with E-state index in [-0.39, 0.29) is 0 Å². The van der Waals surface area contributed by atoms with Crippen molar-refractivity contribution in [3.63, 3.8) is 0 Å². The molecule has 7 nitrogen and oxygen atoms in total. The molecule has 0 radical (unpaired) electrons. The van der Waals surface area contributed by atoms with Gasteiger partial charge in [-0.25, -0.2) is 8.42 Å². The molecule has 1 aromatic carbocycles. The fraction of sp³-hybridized carbons (Fsp3) is 0.444. The van der Waals surface area contributed by atoms with Gasteiger partial charge in [-0.3, -0.25) is 0 Å². The van der Waals surface area contributed by atoms with E-state index in [2.05, 4.69) is 11.7 Å². The van der Waals surface area contributed by atoms with Gasteiger partial charge in [0.2, 0.25) is 14.8 Å². The number of hydrogen-bond acceptors (Lipinski definition) is 4. The van der Waals surface area contributed by atoms with Gasteiger partial charge in [0.15, 0.2) is 6.67 Å². The molecule has 1 N–H and O–H groups in total. The van der Waals surface area contributed by atoms with Crippen LogP contribution in [0.15, 0.2) is 42.1 Å². The highest BCUT2D eigenvalue weighted by Gasteiger charge is 2.31. The molecule has 2 heterocycles. The van der Waals surface area contributed by atoms with Crippen LogP contribution in [0.2, 0.25) is 0 Å². The first-order valence-electron chi connectivity index (χ1n) is 8.97. The van der Waals surface area contributed by atoms with Gasteiger partial charge in [0.25, 0.3) is 0 Å². The Balaban J connectivity index is 1.67. The minimum Gasteiger partial charge on any atom is -0.314 e. The average molecular weight is 409 g/mol. The number of nitrogens with zero attached hydrogens (tertiary/aromatic N) is 4. The molecule has 9 heteroatoms. The van der Waals surface area contributed by atoms with E-state index in [1.54, 1.807) is 27.5 Å². The van der Waals surface area contributed by atoms with Crippen molar-refractivity contribution >= 4 is 22.2 Å². The zero-order chi connectivity index (χ0) is 19.6. The van der Waals surface area contributed by atoms with Crippen molar-refractivity contribution in [1.82, 2.24) is 18.7 Å². The van der Waals surface area contributed by atoms with Crippen LogP contribution in [0.3, 0.4) is 0 Å². The number of quaternary nitrogens is 1. The summed E-state index contributed by atoms with van der Waals surface area (Å²) in [6.07, 6.45) is 3.50. The lowest BCUT2D eigenvalue weighted by atomic mass is 10.2. The normalized spacial score (nSPS) is 16.5. The Morgan fingerprint density at radius 3 is 2.67 bits per heavy atom. The second-order valence-electron chi connectivity index (χ2n) is 6.94. The number of benzene rings is 1. The van der Waals surface area contributed by atoms with Crippen LogP contribution in [0, 0.1) is 18.6 Å². The van der Waals surface area contributed by atoms with Crippen LogP contribution in [0.1, 0.15) is 11.1 Å². The van der Waals surface area contributed by atoms with E-state index in [4.69, 9.17) is 12.2 Å². The van der Waals surface area contributed by atoms with Gasteiger partial charge in [-0.2, -0.15) is 14.1 Å². The van der Waals surface area contributed by atoms with Crippen molar-refractivity contribution in [1.29, 1.82) is 0 Å². The Bertz CT molecular complexity index is 985. The number of piperazine rings is 1. The van der Waals surface area contributed by atoms with Gasteiger partial charge in [-0.15, -0.1) is 6.58 Å². The number of aryl methyl sites for hydroxylation is 2. The van der Waals surface area contributed by atoms with Crippen molar-refractivity contribution in [2.75, 3.05) is 26.2 Å². The van der Waals surface area contributed by atoms with E-state index in [9.17, 15) is 8.42 Å². The van der Waals surface area contributed by atoms with Crippen LogP contribution >= 0.6 is 12.2 Å². The zero-order valence-corrected chi connectivity index (χ0v) is 17.4. The number of rotatable bonds is 6. The summed E-state index contributed by atoms with van der Waals surface area (Å²) in [6.45, 7) is 11.2. The maximum Gasteiger partial charge on any atom is 0.243 e. The lowest BCUT2D eigenvalue weighted by Gasteiger charge is -2.31. The van der Waals surface area contributed by atoms with Crippen LogP contribution in [0.25, 0.3) is 0 Å². The van der Waals surface area contributed by atoms with Crippen molar-refractivity contribution in [2.45, 2.75) is 32.0 Å².